The van der Waals surface area contributed by atoms with Gasteiger partial charge in [-0.25, -0.2) is 0 Å². The van der Waals surface area contributed by atoms with E-state index in [0.717, 1.165) is 50.5 Å². The van der Waals surface area contributed by atoms with Crippen molar-refractivity contribution in [3.63, 3.8) is 0 Å². The van der Waals surface area contributed by atoms with Crippen molar-refractivity contribution in [3.8, 4) is 16.9 Å². The Morgan fingerprint density at radius 3 is 2.07 bits per heavy atom. The zero-order valence-electron chi connectivity index (χ0n) is 16.1. The molecule has 1 N–H and O–H groups in total. The van der Waals surface area contributed by atoms with Gasteiger partial charge in [-0.2, -0.15) is 0 Å². The van der Waals surface area contributed by atoms with Crippen molar-refractivity contribution < 1.29 is 15.0 Å². The number of hydrogen-bond acceptors (Lipinski definition) is 6. The van der Waals surface area contributed by atoms with Gasteiger partial charge in [0, 0.05) is 30.4 Å². The third-order valence-corrected chi connectivity index (χ3v) is 4.59. The van der Waals surface area contributed by atoms with Crippen LogP contribution in [0.4, 0.5) is 17.1 Å². The number of nitrogens with zero attached hydrogens (tertiary/aromatic N) is 3. The second kappa shape index (κ2) is 9.68. The highest BCUT2D eigenvalue weighted by molar-refractivity contribution is 5.81. The highest BCUT2D eigenvalue weighted by Crippen LogP contribution is 2.39. The van der Waals surface area contributed by atoms with E-state index in [1.165, 1.54) is 18.2 Å². The third kappa shape index (κ3) is 4.97. The highest BCUT2D eigenvalue weighted by atomic mass is 16.6. The third-order valence-electron chi connectivity index (χ3n) is 4.59. The Labute approximate surface area is 163 Å². The van der Waals surface area contributed by atoms with Crippen LogP contribution in [0, 0.1) is 20.2 Å². The normalized spacial score (nSPS) is 10.6. The van der Waals surface area contributed by atoms with Gasteiger partial charge in [0.2, 0.25) is 0 Å². The van der Waals surface area contributed by atoms with Crippen LogP contribution in [0.5, 0.6) is 5.75 Å². The van der Waals surface area contributed by atoms with Crippen LogP contribution in [0.1, 0.15) is 39.5 Å². The molecule has 2 aromatic carbocycles. The Bertz CT molecular complexity index is 846. The number of anilines is 1. The Hall–Kier alpha value is -3.16. The van der Waals surface area contributed by atoms with Crippen LogP contribution in [-0.4, -0.2) is 28.0 Å². The SMILES string of the molecule is CCCCN(CCCC)c1ccc(O)c(-c2ccc([N+](=O)[O-])cc2[N+](=O)[O-])c1. The molecule has 0 aliphatic heterocycles. The Kier molecular flexibility index (Phi) is 7.31. The predicted molar refractivity (Wildman–Crippen MR) is 109 cm³/mol. The van der Waals surface area contributed by atoms with Crippen LogP contribution < -0.4 is 4.90 Å². The van der Waals surface area contributed by atoms with Gasteiger partial charge in [0.1, 0.15) is 5.75 Å². The monoisotopic (exact) mass is 387 g/mol. The first kappa shape index (κ1) is 21.1. The molecule has 0 aliphatic carbocycles. The minimum absolute atomic E-state index is 0.105. The lowest BCUT2D eigenvalue weighted by Crippen LogP contribution is -2.25. The molecular formula is C20H25N3O5. The maximum atomic E-state index is 11.5. The number of nitro benzene ring substituents is 2. The molecule has 150 valence electrons. The minimum atomic E-state index is -0.676. The average molecular weight is 387 g/mol. The van der Waals surface area contributed by atoms with Gasteiger partial charge in [0.25, 0.3) is 11.4 Å². The molecule has 28 heavy (non-hydrogen) atoms. The van der Waals surface area contributed by atoms with Crippen LogP contribution in [0.3, 0.4) is 0 Å². The highest BCUT2D eigenvalue weighted by Gasteiger charge is 2.23. The second-order valence-electron chi connectivity index (χ2n) is 6.61. The number of benzene rings is 2. The van der Waals surface area contributed by atoms with E-state index in [1.807, 2.05) is 0 Å². The van der Waals surface area contributed by atoms with Crippen LogP contribution >= 0.6 is 0 Å². The summed E-state index contributed by atoms with van der Waals surface area (Å²) >= 11 is 0. The maximum Gasteiger partial charge on any atom is 0.284 e. The molecule has 2 rings (SSSR count). The molecule has 0 saturated carbocycles. The van der Waals surface area contributed by atoms with Gasteiger partial charge in [-0.05, 0) is 37.1 Å². The zero-order valence-corrected chi connectivity index (χ0v) is 16.1. The van der Waals surface area contributed by atoms with Gasteiger partial charge in [0.15, 0.2) is 0 Å². The average Bonchev–Trinajstić information content (AvgIpc) is 2.68. The topological polar surface area (TPSA) is 110 Å². The maximum absolute atomic E-state index is 11.5. The van der Waals surface area contributed by atoms with Gasteiger partial charge in [-0.1, -0.05) is 26.7 Å². The van der Waals surface area contributed by atoms with E-state index >= 15 is 0 Å². The lowest BCUT2D eigenvalue weighted by atomic mass is 10.0. The van der Waals surface area contributed by atoms with E-state index in [9.17, 15) is 25.3 Å². The van der Waals surface area contributed by atoms with Crippen LogP contribution in [0.2, 0.25) is 0 Å². The lowest BCUT2D eigenvalue weighted by molar-refractivity contribution is -0.393. The Morgan fingerprint density at radius 2 is 1.54 bits per heavy atom. The van der Waals surface area contributed by atoms with E-state index in [0.29, 0.717) is 0 Å². The van der Waals surface area contributed by atoms with E-state index < -0.39 is 15.5 Å². The van der Waals surface area contributed by atoms with Crippen molar-refractivity contribution in [3.05, 3.63) is 56.6 Å². The molecule has 8 nitrogen and oxygen atoms in total. The molecular weight excluding hydrogens is 362 g/mol. The van der Waals surface area contributed by atoms with Gasteiger partial charge < -0.3 is 10.0 Å². The summed E-state index contributed by atoms with van der Waals surface area (Å²) in [6.45, 7) is 5.92. The summed E-state index contributed by atoms with van der Waals surface area (Å²) in [5.41, 5.74) is 0.536. The molecule has 0 spiro atoms. The fraction of sp³-hybridized carbons (Fsp3) is 0.400. The summed E-state index contributed by atoms with van der Waals surface area (Å²) < 4.78 is 0. The number of aromatic hydroxyl groups is 1. The lowest BCUT2D eigenvalue weighted by Gasteiger charge is -2.25. The summed E-state index contributed by atoms with van der Waals surface area (Å²) in [7, 11) is 0. The van der Waals surface area contributed by atoms with Crippen molar-refractivity contribution in [2.45, 2.75) is 39.5 Å². The van der Waals surface area contributed by atoms with Gasteiger partial charge in [-0.15, -0.1) is 0 Å². The van der Waals surface area contributed by atoms with Crippen LogP contribution in [0.15, 0.2) is 36.4 Å². The standard InChI is InChI=1S/C20H25N3O5/c1-3-5-11-21(12-6-4-2)15-8-10-20(24)18(13-15)17-9-7-16(22(25)26)14-19(17)23(27)28/h7-10,13-14,24H,3-6,11-12H2,1-2H3. The number of non-ortho nitro benzene ring substituents is 1. The fourth-order valence-electron chi connectivity index (χ4n) is 3.02. The molecule has 2 aromatic rings. The fourth-order valence-corrected chi connectivity index (χ4v) is 3.02. The molecule has 0 unspecified atom stereocenters. The first-order valence-corrected chi connectivity index (χ1v) is 9.40. The van der Waals surface area contributed by atoms with E-state index in [1.54, 1.807) is 12.1 Å². The summed E-state index contributed by atoms with van der Waals surface area (Å²) in [4.78, 5) is 23.3. The molecule has 0 radical (unpaired) electrons. The van der Waals surface area contributed by atoms with Crippen molar-refractivity contribution in [2.24, 2.45) is 0 Å². The molecule has 0 amide bonds. The Morgan fingerprint density at radius 1 is 0.893 bits per heavy atom. The first-order chi connectivity index (χ1) is 13.4. The van der Waals surface area contributed by atoms with Crippen molar-refractivity contribution >= 4 is 17.1 Å². The van der Waals surface area contributed by atoms with E-state index in [2.05, 4.69) is 18.7 Å². The molecule has 8 heteroatoms. The zero-order chi connectivity index (χ0) is 20.7. The predicted octanol–water partition coefficient (Wildman–Crippen LogP) is 5.28. The molecule has 0 aromatic heterocycles. The molecule has 0 bridgehead atoms. The van der Waals surface area contributed by atoms with Crippen molar-refractivity contribution in [1.82, 2.24) is 0 Å². The summed E-state index contributed by atoms with van der Waals surface area (Å²) in [5.74, 6) is -0.105. The van der Waals surface area contributed by atoms with E-state index in [-0.39, 0.29) is 22.6 Å². The van der Waals surface area contributed by atoms with Gasteiger partial charge >= 0.3 is 0 Å². The summed E-state index contributed by atoms with van der Waals surface area (Å²) in [6, 6.07) is 8.47. The van der Waals surface area contributed by atoms with Crippen molar-refractivity contribution in [1.29, 1.82) is 0 Å². The van der Waals surface area contributed by atoms with E-state index in [4.69, 9.17) is 0 Å². The second-order valence-corrected chi connectivity index (χ2v) is 6.61. The van der Waals surface area contributed by atoms with Gasteiger partial charge in [0.05, 0.1) is 21.5 Å². The number of nitro groups is 2. The molecule has 0 saturated heterocycles. The largest absolute Gasteiger partial charge is 0.507 e. The van der Waals surface area contributed by atoms with Crippen LogP contribution in [-0.2, 0) is 0 Å². The number of hydrogen-bond donors (Lipinski definition) is 1. The Balaban J connectivity index is 2.52. The summed E-state index contributed by atoms with van der Waals surface area (Å²) in [5, 5.41) is 32.8. The molecule has 0 heterocycles. The number of rotatable bonds is 10. The molecule has 0 aliphatic rings. The minimum Gasteiger partial charge on any atom is -0.507 e. The first-order valence-electron chi connectivity index (χ1n) is 9.40. The number of phenols is 1. The van der Waals surface area contributed by atoms with Gasteiger partial charge in [-0.3, -0.25) is 20.2 Å². The van der Waals surface area contributed by atoms with Crippen molar-refractivity contribution in [2.75, 3.05) is 18.0 Å². The van der Waals surface area contributed by atoms with Crippen LogP contribution in [0.25, 0.3) is 11.1 Å². The quantitative estimate of drug-likeness (QED) is 0.438. The molecule has 0 fully saturated rings. The smallest absolute Gasteiger partial charge is 0.284 e. The summed E-state index contributed by atoms with van der Waals surface area (Å²) in [6.07, 6.45) is 4.11. The molecule has 0 atom stereocenters. The number of unbranched alkanes of at least 4 members (excludes halogenated alkanes) is 2. The number of phenolic OH excluding ortho intramolecular Hbond substituents is 1.